The molecule has 2 aromatic carbocycles. The van der Waals surface area contributed by atoms with E-state index in [1.165, 1.54) is 5.01 Å². The molecule has 142 valence electrons. The molecule has 2 heterocycles. The third-order valence-corrected chi connectivity index (χ3v) is 5.18. The molecule has 1 aromatic heterocycles. The van der Waals surface area contributed by atoms with Crippen molar-refractivity contribution in [2.45, 2.75) is 19.4 Å². The van der Waals surface area contributed by atoms with Gasteiger partial charge in [0.15, 0.2) is 10.4 Å². The van der Waals surface area contributed by atoms with Crippen molar-refractivity contribution >= 4 is 27.5 Å². The molecule has 4 rings (SSSR count). The van der Waals surface area contributed by atoms with Crippen LogP contribution in [0, 0.1) is 6.92 Å². The number of amides is 1. The first-order valence-electron chi connectivity index (χ1n) is 8.92. The molecule has 1 atom stereocenters. The highest BCUT2D eigenvalue weighted by Gasteiger charge is 2.35. The van der Waals surface area contributed by atoms with Crippen LogP contribution in [-0.2, 0) is 0 Å². The number of carbonyl (C=O) groups is 1. The molecular formula is C22H19BrN2O3. The monoisotopic (exact) mass is 438 g/mol. The maximum atomic E-state index is 13.1. The second-order valence-corrected chi connectivity index (χ2v) is 7.44. The van der Waals surface area contributed by atoms with Crippen LogP contribution >= 0.6 is 15.9 Å². The largest absolute Gasteiger partial charge is 0.497 e. The lowest BCUT2D eigenvalue weighted by molar-refractivity contribution is 0.0677. The van der Waals surface area contributed by atoms with Gasteiger partial charge in [0.1, 0.15) is 5.75 Å². The second-order valence-electron chi connectivity index (χ2n) is 6.66. The van der Waals surface area contributed by atoms with E-state index in [1.807, 2.05) is 49.4 Å². The molecule has 1 aliphatic heterocycles. The lowest BCUT2D eigenvalue weighted by atomic mass is 9.97. The molecule has 0 N–H and O–H groups in total. The van der Waals surface area contributed by atoms with Crippen LogP contribution in [0.1, 0.15) is 39.7 Å². The number of halogens is 1. The van der Waals surface area contributed by atoms with Crippen LogP contribution in [0.4, 0.5) is 0 Å². The van der Waals surface area contributed by atoms with Gasteiger partial charge in [-0.1, -0.05) is 29.8 Å². The fraction of sp³-hybridized carbons (Fsp3) is 0.182. The number of hydrogen-bond acceptors (Lipinski definition) is 4. The molecule has 0 aliphatic carbocycles. The second kappa shape index (κ2) is 7.64. The van der Waals surface area contributed by atoms with E-state index in [0.29, 0.717) is 11.1 Å². The molecule has 0 bridgehead atoms. The summed E-state index contributed by atoms with van der Waals surface area (Å²) in [7, 11) is 1.64. The summed E-state index contributed by atoms with van der Waals surface area (Å²) >= 11 is 3.26. The van der Waals surface area contributed by atoms with Gasteiger partial charge in [0, 0.05) is 6.42 Å². The van der Waals surface area contributed by atoms with Gasteiger partial charge in [-0.2, -0.15) is 5.10 Å². The Hall–Kier alpha value is -2.86. The van der Waals surface area contributed by atoms with Gasteiger partial charge in [-0.25, -0.2) is 5.01 Å². The molecule has 0 saturated carbocycles. The standard InChI is InChI=1S/C22H19BrN2O3/c1-14-4-3-5-16(12-14)19-13-18(15-6-8-17(27-2)9-7-15)24-25(19)22(26)20-10-11-21(23)28-20/h3-12,19H,13H2,1-2H3/t19-/m1/s1. The van der Waals surface area contributed by atoms with Crippen molar-refractivity contribution in [2.75, 3.05) is 7.11 Å². The van der Waals surface area contributed by atoms with Crippen molar-refractivity contribution in [1.82, 2.24) is 5.01 Å². The van der Waals surface area contributed by atoms with Gasteiger partial charge in [0.25, 0.3) is 0 Å². The summed E-state index contributed by atoms with van der Waals surface area (Å²) in [4.78, 5) is 13.1. The summed E-state index contributed by atoms with van der Waals surface area (Å²) in [5.41, 5.74) is 4.01. The van der Waals surface area contributed by atoms with Crippen LogP contribution in [0.5, 0.6) is 5.75 Å². The average molecular weight is 439 g/mol. The first kappa shape index (κ1) is 18.5. The minimum Gasteiger partial charge on any atom is -0.497 e. The summed E-state index contributed by atoms with van der Waals surface area (Å²) < 4.78 is 11.2. The van der Waals surface area contributed by atoms with Crippen molar-refractivity contribution in [1.29, 1.82) is 0 Å². The molecule has 6 heteroatoms. The third-order valence-electron chi connectivity index (χ3n) is 4.75. The first-order valence-corrected chi connectivity index (χ1v) is 9.72. The Morgan fingerprint density at radius 2 is 1.96 bits per heavy atom. The summed E-state index contributed by atoms with van der Waals surface area (Å²) in [5, 5.41) is 6.20. The van der Waals surface area contributed by atoms with Crippen LogP contribution in [0.2, 0.25) is 0 Å². The van der Waals surface area contributed by atoms with Gasteiger partial charge in [0.2, 0.25) is 0 Å². The maximum Gasteiger partial charge on any atom is 0.310 e. The molecule has 1 aliphatic rings. The zero-order valence-corrected chi connectivity index (χ0v) is 17.1. The topological polar surface area (TPSA) is 55.0 Å². The van der Waals surface area contributed by atoms with E-state index in [-0.39, 0.29) is 17.7 Å². The summed E-state index contributed by atoms with van der Waals surface area (Å²) in [5.74, 6) is 0.774. The van der Waals surface area contributed by atoms with E-state index >= 15 is 0 Å². The molecule has 0 radical (unpaired) electrons. The van der Waals surface area contributed by atoms with Gasteiger partial charge in [-0.15, -0.1) is 0 Å². The van der Waals surface area contributed by atoms with Crippen LogP contribution < -0.4 is 4.74 Å². The summed E-state index contributed by atoms with van der Waals surface area (Å²) in [6.45, 7) is 2.04. The number of rotatable bonds is 4. The molecule has 0 spiro atoms. The van der Waals surface area contributed by atoms with Crippen molar-refractivity contribution in [3.05, 3.63) is 87.8 Å². The number of benzene rings is 2. The van der Waals surface area contributed by atoms with E-state index in [9.17, 15) is 4.79 Å². The average Bonchev–Trinajstić information content (AvgIpc) is 3.34. The molecule has 0 fully saturated rings. The van der Waals surface area contributed by atoms with Crippen LogP contribution in [0.15, 0.2) is 74.9 Å². The quantitative estimate of drug-likeness (QED) is 0.551. The van der Waals surface area contributed by atoms with E-state index < -0.39 is 0 Å². The predicted molar refractivity (Wildman–Crippen MR) is 111 cm³/mol. The van der Waals surface area contributed by atoms with Crippen molar-refractivity contribution in [3.63, 3.8) is 0 Å². The lowest BCUT2D eigenvalue weighted by Gasteiger charge is -2.21. The predicted octanol–water partition coefficient (Wildman–Crippen LogP) is 5.35. The summed E-state index contributed by atoms with van der Waals surface area (Å²) in [6.07, 6.45) is 0.628. The normalized spacial score (nSPS) is 16.2. The Bertz CT molecular complexity index is 1040. The van der Waals surface area contributed by atoms with Crippen molar-refractivity contribution in [3.8, 4) is 5.75 Å². The zero-order valence-electron chi connectivity index (χ0n) is 15.6. The molecule has 5 nitrogen and oxygen atoms in total. The molecule has 0 saturated heterocycles. The highest BCUT2D eigenvalue weighted by molar-refractivity contribution is 9.10. The van der Waals surface area contributed by atoms with Gasteiger partial charge >= 0.3 is 5.91 Å². The fourth-order valence-electron chi connectivity index (χ4n) is 3.33. The lowest BCUT2D eigenvalue weighted by Crippen LogP contribution is -2.26. The molecule has 0 unspecified atom stereocenters. The Labute approximate surface area is 171 Å². The zero-order chi connectivity index (χ0) is 19.7. The van der Waals surface area contributed by atoms with Crippen molar-refractivity contribution < 1.29 is 13.9 Å². The van der Waals surface area contributed by atoms with Gasteiger partial charge in [0.05, 0.1) is 18.9 Å². The highest BCUT2D eigenvalue weighted by Crippen LogP contribution is 2.35. The van der Waals surface area contributed by atoms with Crippen LogP contribution in [0.25, 0.3) is 0 Å². The number of carbonyl (C=O) groups excluding carboxylic acids is 1. The maximum absolute atomic E-state index is 13.1. The number of hydrazone groups is 1. The van der Waals surface area contributed by atoms with Crippen molar-refractivity contribution in [2.24, 2.45) is 5.10 Å². The van der Waals surface area contributed by atoms with Gasteiger partial charge < -0.3 is 9.15 Å². The molecule has 3 aromatic rings. The van der Waals surface area contributed by atoms with E-state index in [4.69, 9.17) is 9.15 Å². The molecule has 28 heavy (non-hydrogen) atoms. The number of ether oxygens (including phenoxy) is 1. The van der Waals surface area contributed by atoms with Crippen LogP contribution in [0.3, 0.4) is 0 Å². The Morgan fingerprint density at radius 3 is 2.61 bits per heavy atom. The van der Waals surface area contributed by atoms with Crippen LogP contribution in [-0.4, -0.2) is 23.7 Å². The van der Waals surface area contributed by atoms with E-state index in [1.54, 1.807) is 19.2 Å². The van der Waals surface area contributed by atoms with E-state index in [2.05, 4.69) is 27.1 Å². The number of hydrogen-bond donors (Lipinski definition) is 0. The highest BCUT2D eigenvalue weighted by atomic mass is 79.9. The Morgan fingerprint density at radius 1 is 1.18 bits per heavy atom. The minimum atomic E-state index is -0.263. The van der Waals surface area contributed by atoms with Gasteiger partial charge in [-0.05, 0) is 70.4 Å². The number of nitrogens with zero attached hydrogens (tertiary/aromatic N) is 2. The number of aryl methyl sites for hydroxylation is 1. The first-order chi connectivity index (χ1) is 13.5. The number of furan rings is 1. The minimum absolute atomic E-state index is 0.187. The Kier molecular flexibility index (Phi) is 5.05. The number of methoxy groups -OCH3 is 1. The SMILES string of the molecule is COc1ccc(C2=NN(C(=O)c3ccc(Br)o3)[C@@H](c3cccc(C)c3)C2)cc1. The smallest absolute Gasteiger partial charge is 0.310 e. The van der Waals surface area contributed by atoms with E-state index in [0.717, 1.165) is 28.2 Å². The fourth-order valence-corrected chi connectivity index (χ4v) is 3.64. The Balaban J connectivity index is 1.72. The molecular weight excluding hydrogens is 420 g/mol. The third kappa shape index (κ3) is 3.60. The summed E-state index contributed by atoms with van der Waals surface area (Å²) in [6, 6.07) is 19.1. The van der Waals surface area contributed by atoms with Gasteiger partial charge in [-0.3, -0.25) is 4.79 Å². The molecule has 1 amide bonds.